The van der Waals surface area contributed by atoms with Gasteiger partial charge < -0.3 is 4.74 Å². The minimum absolute atomic E-state index is 0.259. The maximum absolute atomic E-state index is 12.8. The summed E-state index contributed by atoms with van der Waals surface area (Å²) in [6.45, 7) is 7.73. The first-order chi connectivity index (χ1) is 5.88. The van der Waals surface area contributed by atoms with Gasteiger partial charge in [0.25, 0.3) is 0 Å². The SMILES string of the molecule is Cc1ccc(F)cc1OC(C)(C)C. The summed E-state index contributed by atoms with van der Waals surface area (Å²) in [6.07, 6.45) is 0. The second-order valence-corrected chi connectivity index (χ2v) is 4.12. The molecule has 0 amide bonds. The van der Waals surface area contributed by atoms with Crippen LogP contribution >= 0.6 is 0 Å². The molecule has 0 aliphatic heterocycles. The van der Waals surface area contributed by atoms with Crippen molar-refractivity contribution in [2.75, 3.05) is 0 Å². The molecule has 0 unspecified atom stereocenters. The largest absolute Gasteiger partial charge is 0.488 e. The second kappa shape index (κ2) is 3.36. The Morgan fingerprint density at radius 1 is 1.23 bits per heavy atom. The van der Waals surface area contributed by atoms with Gasteiger partial charge in [0.1, 0.15) is 17.2 Å². The first-order valence-corrected chi connectivity index (χ1v) is 4.34. The lowest BCUT2D eigenvalue weighted by Gasteiger charge is -2.22. The third-order valence-corrected chi connectivity index (χ3v) is 1.57. The van der Waals surface area contributed by atoms with Gasteiger partial charge in [-0.05, 0) is 39.3 Å². The highest BCUT2D eigenvalue weighted by Gasteiger charge is 2.13. The summed E-state index contributed by atoms with van der Waals surface area (Å²) in [5.74, 6) is 0.359. The van der Waals surface area contributed by atoms with Gasteiger partial charge >= 0.3 is 0 Å². The molecule has 72 valence electrons. The first-order valence-electron chi connectivity index (χ1n) is 4.34. The van der Waals surface area contributed by atoms with E-state index in [4.69, 9.17) is 4.74 Å². The molecule has 1 aromatic carbocycles. The third-order valence-electron chi connectivity index (χ3n) is 1.57. The molecule has 1 rings (SSSR count). The highest BCUT2D eigenvalue weighted by atomic mass is 19.1. The van der Waals surface area contributed by atoms with Gasteiger partial charge in [0.05, 0.1) is 0 Å². The second-order valence-electron chi connectivity index (χ2n) is 4.12. The molecule has 0 aliphatic rings. The van der Waals surface area contributed by atoms with E-state index < -0.39 is 0 Å². The zero-order chi connectivity index (χ0) is 10.1. The Morgan fingerprint density at radius 2 is 1.85 bits per heavy atom. The average molecular weight is 182 g/mol. The van der Waals surface area contributed by atoms with Crippen molar-refractivity contribution in [3.8, 4) is 5.75 Å². The summed E-state index contributed by atoms with van der Waals surface area (Å²) in [5.41, 5.74) is 0.676. The number of aryl methyl sites for hydroxylation is 1. The predicted molar refractivity (Wildman–Crippen MR) is 51.5 cm³/mol. The Labute approximate surface area is 78.5 Å². The zero-order valence-corrected chi connectivity index (χ0v) is 8.52. The first kappa shape index (κ1) is 10.0. The molecule has 1 nitrogen and oxygen atoms in total. The summed E-state index contributed by atoms with van der Waals surface area (Å²) < 4.78 is 18.4. The van der Waals surface area contributed by atoms with E-state index in [0.29, 0.717) is 5.75 Å². The van der Waals surface area contributed by atoms with Gasteiger partial charge in [-0.25, -0.2) is 4.39 Å². The van der Waals surface area contributed by atoms with E-state index in [1.54, 1.807) is 6.07 Å². The van der Waals surface area contributed by atoms with Gasteiger partial charge in [-0.2, -0.15) is 0 Å². The van der Waals surface area contributed by atoms with Crippen LogP contribution in [0.5, 0.6) is 5.75 Å². The minimum Gasteiger partial charge on any atom is -0.488 e. The molecule has 0 aromatic heterocycles. The van der Waals surface area contributed by atoms with E-state index in [0.717, 1.165) is 5.56 Å². The Balaban J connectivity index is 2.94. The van der Waals surface area contributed by atoms with E-state index in [2.05, 4.69) is 0 Å². The molecule has 0 saturated heterocycles. The zero-order valence-electron chi connectivity index (χ0n) is 8.52. The quantitative estimate of drug-likeness (QED) is 0.647. The van der Waals surface area contributed by atoms with Crippen LogP contribution in [0.25, 0.3) is 0 Å². The van der Waals surface area contributed by atoms with Gasteiger partial charge in [-0.15, -0.1) is 0 Å². The maximum Gasteiger partial charge on any atom is 0.126 e. The number of benzene rings is 1. The van der Waals surface area contributed by atoms with Crippen LogP contribution in [-0.4, -0.2) is 5.60 Å². The molecule has 0 radical (unpaired) electrons. The fourth-order valence-electron chi connectivity index (χ4n) is 1.01. The highest BCUT2D eigenvalue weighted by molar-refractivity contribution is 5.33. The molecule has 1 aromatic rings. The number of rotatable bonds is 1. The fourth-order valence-corrected chi connectivity index (χ4v) is 1.01. The normalized spacial score (nSPS) is 11.5. The third kappa shape index (κ3) is 3.05. The summed E-state index contributed by atoms with van der Waals surface area (Å²) in [4.78, 5) is 0. The van der Waals surface area contributed by atoms with Crippen molar-refractivity contribution in [2.24, 2.45) is 0 Å². The topological polar surface area (TPSA) is 9.23 Å². The van der Waals surface area contributed by atoms with Crippen LogP contribution in [0.15, 0.2) is 18.2 Å². The summed E-state index contributed by atoms with van der Waals surface area (Å²) in [6, 6.07) is 4.57. The smallest absolute Gasteiger partial charge is 0.126 e. The molecule has 0 aliphatic carbocycles. The van der Waals surface area contributed by atoms with Gasteiger partial charge in [0.15, 0.2) is 0 Å². The van der Waals surface area contributed by atoms with Gasteiger partial charge in [-0.1, -0.05) is 6.07 Å². The summed E-state index contributed by atoms with van der Waals surface area (Å²) in [7, 11) is 0. The predicted octanol–water partition coefficient (Wildman–Crippen LogP) is 3.31. The lowest BCUT2D eigenvalue weighted by Crippen LogP contribution is -2.23. The van der Waals surface area contributed by atoms with Crippen molar-refractivity contribution >= 4 is 0 Å². The number of halogens is 1. The number of hydrogen-bond donors (Lipinski definition) is 0. The van der Waals surface area contributed by atoms with Crippen LogP contribution in [0, 0.1) is 12.7 Å². The van der Waals surface area contributed by atoms with E-state index >= 15 is 0 Å². The molecule has 0 fully saturated rings. The Bertz CT molecular complexity index is 299. The van der Waals surface area contributed by atoms with E-state index in [1.807, 2.05) is 27.7 Å². The maximum atomic E-state index is 12.8. The van der Waals surface area contributed by atoms with Crippen molar-refractivity contribution in [3.63, 3.8) is 0 Å². The van der Waals surface area contributed by atoms with E-state index in [1.165, 1.54) is 12.1 Å². The lowest BCUT2D eigenvalue weighted by atomic mass is 10.1. The molecule has 2 heteroatoms. The van der Waals surface area contributed by atoms with Crippen molar-refractivity contribution in [1.82, 2.24) is 0 Å². The van der Waals surface area contributed by atoms with Crippen LogP contribution in [0.3, 0.4) is 0 Å². The molecule has 13 heavy (non-hydrogen) atoms. The molecule has 0 heterocycles. The molecule has 0 spiro atoms. The van der Waals surface area contributed by atoms with Gasteiger partial charge in [0, 0.05) is 6.07 Å². The Morgan fingerprint density at radius 3 is 2.38 bits per heavy atom. The van der Waals surface area contributed by atoms with Crippen LogP contribution in [0.4, 0.5) is 4.39 Å². The molecular weight excluding hydrogens is 167 g/mol. The van der Waals surface area contributed by atoms with E-state index in [-0.39, 0.29) is 11.4 Å². The van der Waals surface area contributed by atoms with E-state index in [9.17, 15) is 4.39 Å². The molecule has 0 bridgehead atoms. The number of hydrogen-bond acceptors (Lipinski definition) is 1. The fraction of sp³-hybridized carbons (Fsp3) is 0.455. The minimum atomic E-state index is -0.279. The molecular formula is C11H15FO. The van der Waals surface area contributed by atoms with Crippen LogP contribution in [-0.2, 0) is 0 Å². The lowest BCUT2D eigenvalue weighted by molar-refractivity contribution is 0.129. The summed E-state index contributed by atoms with van der Waals surface area (Å²) >= 11 is 0. The molecule has 0 N–H and O–H groups in total. The van der Waals surface area contributed by atoms with Crippen molar-refractivity contribution in [1.29, 1.82) is 0 Å². The van der Waals surface area contributed by atoms with Gasteiger partial charge in [0.2, 0.25) is 0 Å². The van der Waals surface area contributed by atoms with Crippen LogP contribution < -0.4 is 4.74 Å². The Hall–Kier alpha value is -1.05. The monoisotopic (exact) mass is 182 g/mol. The Kier molecular flexibility index (Phi) is 2.60. The summed E-state index contributed by atoms with van der Waals surface area (Å²) in [5, 5.41) is 0. The molecule has 0 saturated carbocycles. The standard InChI is InChI=1S/C11H15FO/c1-8-5-6-9(12)7-10(8)13-11(2,3)4/h5-7H,1-4H3. The number of ether oxygens (including phenoxy) is 1. The van der Waals surface area contributed by atoms with Crippen LogP contribution in [0.2, 0.25) is 0 Å². The van der Waals surface area contributed by atoms with Gasteiger partial charge in [-0.3, -0.25) is 0 Å². The van der Waals surface area contributed by atoms with Crippen molar-refractivity contribution < 1.29 is 9.13 Å². The average Bonchev–Trinajstić information content (AvgIpc) is 1.94. The molecule has 0 atom stereocenters. The van der Waals surface area contributed by atoms with Crippen molar-refractivity contribution in [2.45, 2.75) is 33.3 Å². The van der Waals surface area contributed by atoms with Crippen LogP contribution in [0.1, 0.15) is 26.3 Å². The van der Waals surface area contributed by atoms with Crippen molar-refractivity contribution in [3.05, 3.63) is 29.6 Å². The highest BCUT2D eigenvalue weighted by Crippen LogP contribution is 2.23.